The molecule has 0 radical (unpaired) electrons. The van der Waals surface area contributed by atoms with Crippen molar-refractivity contribution < 1.29 is 9.53 Å². The van der Waals surface area contributed by atoms with Gasteiger partial charge < -0.3 is 15.4 Å². The molecule has 6 heteroatoms. The third-order valence-electron chi connectivity index (χ3n) is 4.14. The normalized spacial score (nSPS) is 17.8. The largest absolute Gasteiger partial charge is 0.487 e. The van der Waals surface area contributed by atoms with Crippen molar-refractivity contribution in [1.29, 1.82) is 0 Å². The number of aryl methyl sites for hydroxylation is 1. The minimum absolute atomic E-state index is 0.0000732. The molecule has 1 fully saturated rings. The predicted molar refractivity (Wildman–Crippen MR) is 100 cm³/mol. The Hall–Kier alpha value is -2.18. The summed E-state index contributed by atoms with van der Waals surface area (Å²) in [5.41, 5.74) is 7.74. The summed E-state index contributed by atoms with van der Waals surface area (Å²) < 4.78 is 5.88. The first-order valence-electron chi connectivity index (χ1n) is 8.47. The summed E-state index contributed by atoms with van der Waals surface area (Å²) in [6, 6.07) is 7.78. The summed E-state index contributed by atoms with van der Waals surface area (Å²) in [4.78, 5) is 18.6. The maximum Gasteiger partial charge on any atom is 0.246 e. The van der Waals surface area contributed by atoms with E-state index in [1.165, 1.54) is 0 Å². The number of carbonyl (C=O) groups is 1. The molecular formula is C19H23N3O2S. The Morgan fingerprint density at radius 2 is 2.32 bits per heavy atom. The minimum atomic E-state index is 0.0000732. The molecular weight excluding hydrogens is 334 g/mol. The van der Waals surface area contributed by atoms with Crippen LogP contribution in [0.1, 0.15) is 29.1 Å². The van der Waals surface area contributed by atoms with E-state index in [0.29, 0.717) is 13.2 Å². The quantitative estimate of drug-likeness (QED) is 0.835. The Morgan fingerprint density at radius 1 is 1.48 bits per heavy atom. The maximum atomic E-state index is 12.3. The summed E-state index contributed by atoms with van der Waals surface area (Å²) in [6.07, 6.45) is 5.37. The van der Waals surface area contributed by atoms with Gasteiger partial charge in [-0.15, -0.1) is 11.3 Å². The van der Waals surface area contributed by atoms with Gasteiger partial charge in [-0.2, -0.15) is 0 Å². The lowest BCUT2D eigenvalue weighted by Gasteiger charge is -2.29. The number of piperidine rings is 1. The monoisotopic (exact) mass is 357 g/mol. The molecule has 3 rings (SSSR count). The van der Waals surface area contributed by atoms with Crippen LogP contribution in [0.3, 0.4) is 0 Å². The summed E-state index contributed by atoms with van der Waals surface area (Å²) >= 11 is 1.61. The van der Waals surface area contributed by atoms with Gasteiger partial charge in [0, 0.05) is 36.2 Å². The number of para-hydroxylation sites is 1. The average molecular weight is 357 g/mol. The van der Waals surface area contributed by atoms with Gasteiger partial charge >= 0.3 is 0 Å². The van der Waals surface area contributed by atoms with Gasteiger partial charge in [0.2, 0.25) is 5.91 Å². The number of rotatable bonds is 5. The van der Waals surface area contributed by atoms with Gasteiger partial charge in [-0.25, -0.2) is 4.98 Å². The second-order valence-corrected chi connectivity index (χ2v) is 7.27. The lowest BCUT2D eigenvalue weighted by molar-refractivity contribution is -0.127. The second-order valence-electron chi connectivity index (χ2n) is 6.20. The van der Waals surface area contributed by atoms with Crippen molar-refractivity contribution in [2.24, 2.45) is 5.73 Å². The van der Waals surface area contributed by atoms with Crippen LogP contribution < -0.4 is 10.5 Å². The van der Waals surface area contributed by atoms with Gasteiger partial charge in [0.05, 0.1) is 10.7 Å². The molecule has 1 atom stereocenters. The molecule has 25 heavy (non-hydrogen) atoms. The van der Waals surface area contributed by atoms with Gasteiger partial charge in [0.15, 0.2) is 0 Å². The van der Waals surface area contributed by atoms with E-state index >= 15 is 0 Å². The summed E-state index contributed by atoms with van der Waals surface area (Å²) in [7, 11) is 0. The standard InChI is InChI=1S/C19H23N3O2S/c1-14-21-17(13-25-14)12-24-18-7-3-2-5-15(18)8-9-19(23)22-10-4-6-16(20)11-22/h2-3,5,7-9,13,16H,4,6,10-12,20H2,1H3/b9-8+. The van der Waals surface area contributed by atoms with Crippen LogP contribution in [0.4, 0.5) is 0 Å². The number of thiazole rings is 1. The van der Waals surface area contributed by atoms with E-state index in [1.807, 2.05) is 47.5 Å². The molecule has 0 spiro atoms. The lowest BCUT2D eigenvalue weighted by Crippen LogP contribution is -2.45. The van der Waals surface area contributed by atoms with Crippen molar-refractivity contribution in [2.75, 3.05) is 13.1 Å². The van der Waals surface area contributed by atoms with E-state index in [2.05, 4.69) is 4.98 Å². The maximum absolute atomic E-state index is 12.3. The van der Waals surface area contributed by atoms with Crippen molar-refractivity contribution in [3.8, 4) is 5.75 Å². The first-order valence-corrected chi connectivity index (χ1v) is 9.35. The number of aromatic nitrogens is 1. The van der Waals surface area contributed by atoms with Crippen LogP contribution in [-0.4, -0.2) is 34.9 Å². The van der Waals surface area contributed by atoms with Crippen LogP contribution in [0.15, 0.2) is 35.7 Å². The fourth-order valence-electron chi connectivity index (χ4n) is 2.85. The highest BCUT2D eigenvalue weighted by Gasteiger charge is 2.19. The average Bonchev–Trinajstić information content (AvgIpc) is 3.04. The molecule has 2 N–H and O–H groups in total. The first kappa shape index (κ1) is 17.6. The van der Waals surface area contributed by atoms with Gasteiger partial charge in [-0.1, -0.05) is 18.2 Å². The van der Waals surface area contributed by atoms with Gasteiger partial charge in [0.1, 0.15) is 12.4 Å². The molecule has 1 unspecified atom stereocenters. The van der Waals surface area contributed by atoms with Gasteiger partial charge in [-0.3, -0.25) is 4.79 Å². The molecule has 0 aliphatic carbocycles. The number of hydrogen-bond donors (Lipinski definition) is 1. The molecule has 5 nitrogen and oxygen atoms in total. The highest BCUT2D eigenvalue weighted by Crippen LogP contribution is 2.21. The SMILES string of the molecule is Cc1nc(COc2ccccc2/C=C/C(=O)N2CCCC(N)C2)cs1. The summed E-state index contributed by atoms with van der Waals surface area (Å²) in [6.45, 7) is 3.80. The molecule has 1 aromatic carbocycles. The van der Waals surface area contributed by atoms with Crippen molar-refractivity contribution in [2.45, 2.75) is 32.4 Å². The Balaban J connectivity index is 1.64. The third-order valence-corrected chi connectivity index (χ3v) is 4.96. The minimum Gasteiger partial charge on any atom is -0.487 e. The highest BCUT2D eigenvalue weighted by molar-refractivity contribution is 7.09. The molecule has 0 saturated carbocycles. The van der Waals surface area contributed by atoms with Crippen LogP contribution in [0.5, 0.6) is 5.75 Å². The molecule has 0 bridgehead atoms. The first-order chi connectivity index (χ1) is 12.1. The predicted octanol–water partition coefficient (Wildman–Crippen LogP) is 2.99. The second kappa shape index (κ2) is 8.27. The number of likely N-dealkylation sites (tertiary alicyclic amines) is 1. The number of ether oxygens (including phenoxy) is 1. The number of hydrogen-bond acceptors (Lipinski definition) is 5. The van der Waals surface area contributed by atoms with E-state index in [4.69, 9.17) is 10.5 Å². The third kappa shape index (κ3) is 4.90. The van der Waals surface area contributed by atoms with E-state index in [0.717, 1.165) is 41.4 Å². The zero-order chi connectivity index (χ0) is 17.6. The fourth-order valence-corrected chi connectivity index (χ4v) is 3.45. The smallest absolute Gasteiger partial charge is 0.246 e. The van der Waals surface area contributed by atoms with Crippen molar-refractivity contribution in [3.05, 3.63) is 52.0 Å². The van der Waals surface area contributed by atoms with Crippen LogP contribution in [-0.2, 0) is 11.4 Å². The van der Waals surface area contributed by atoms with Gasteiger partial charge in [-0.05, 0) is 31.9 Å². The summed E-state index contributed by atoms with van der Waals surface area (Å²) in [5, 5.41) is 3.02. The van der Waals surface area contributed by atoms with E-state index < -0.39 is 0 Å². The van der Waals surface area contributed by atoms with Crippen LogP contribution in [0.2, 0.25) is 0 Å². The molecule has 1 aliphatic rings. The lowest BCUT2D eigenvalue weighted by atomic mass is 10.1. The van der Waals surface area contributed by atoms with E-state index in [-0.39, 0.29) is 11.9 Å². The molecule has 1 aliphatic heterocycles. The number of nitrogens with two attached hydrogens (primary N) is 1. The molecule has 1 aromatic heterocycles. The number of benzene rings is 1. The van der Waals surface area contributed by atoms with Gasteiger partial charge in [0.25, 0.3) is 0 Å². The number of carbonyl (C=O) groups excluding carboxylic acids is 1. The fraction of sp³-hybridized carbons (Fsp3) is 0.368. The van der Waals surface area contributed by atoms with Crippen LogP contribution >= 0.6 is 11.3 Å². The zero-order valence-corrected chi connectivity index (χ0v) is 15.2. The molecule has 132 valence electrons. The van der Waals surface area contributed by atoms with Crippen molar-refractivity contribution >= 4 is 23.3 Å². The van der Waals surface area contributed by atoms with Crippen molar-refractivity contribution in [1.82, 2.24) is 9.88 Å². The molecule has 1 amide bonds. The molecule has 2 aromatic rings. The number of amides is 1. The van der Waals surface area contributed by atoms with E-state index in [9.17, 15) is 4.79 Å². The molecule has 2 heterocycles. The zero-order valence-electron chi connectivity index (χ0n) is 14.4. The highest BCUT2D eigenvalue weighted by atomic mass is 32.1. The Labute approximate surface area is 152 Å². The Kier molecular flexibility index (Phi) is 5.83. The Bertz CT molecular complexity index is 757. The topological polar surface area (TPSA) is 68.5 Å². The number of nitrogens with zero attached hydrogens (tertiary/aromatic N) is 2. The molecule has 1 saturated heterocycles. The summed E-state index contributed by atoms with van der Waals surface area (Å²) in [5.74, 6) is 0.743. The van der Waals surface area contributed by atoms with Crippen LogP contribution in [0.25, 0.3) is 6.08 Å². The van der Waals surface area contributed by atoms with E-state index in [1.54, 1.807) is 17.4 Å². The van der Waals surface area contributed by atoms with Crippen molar-refractivity contribution in [3.63, 3.8) is 0 Å². The van der Waals surface area contributed by atoms with Crippen LogP contribution in [0, 0.1) is 6.92 Å². The Morgan fingerprint density at radius 3 is 3.08 bits per heavy atom.